The average molecular weight is 550 g/mol. The zero-order valence-electron chi connectivity index (χ0n) is 21.2. The zero-order chi connectivity index (χ0) is 27.7. The molecule has 0 unspecified atom stereocenters. The molecule has 0 spiro atoms. The van der Waals surface area contributed by atoms with Gasteiger partial charge in [0, 0.05) is 16.5 Å². The van der Waals surface area contributed by atoms with Gasteiger partial charge in [0.2, 0.25) is 11.8 Å². The highest BCUT2D eigenvalue weighted by Crippen LogP contribution is 2.59. The van der Waals surface area contributed by atoms with Crippen LogP contribution >= 0.6 is 11.3 Å². The molecule has 1 aliphatic carbocycles. The fourth-order valence-electron chi connectivity index (χ4n) is 4.99. The summed E-state index contributed by atoms with van der Waals surface area (Å²) < 4.78 is 19.7. The van der Waals surface area contributed by atoms with Crippen LogP contribution in [0.25, 0.3) is 0 Å². The fraction of sp³-hybridized carbons (Fsp3) is 0.286. The number of likely N-dealkylation sites (tertiary alicyclic amines) is 1. The number of amides is 3. The zero-order valence-corrected chi connectivity index (χ0v) is 22.0. The lowest BCUT2D eigenvalue weighted by molar-refractivity contribution is -0.139. The molecule has 2 aliphatic rings. The first-order valence-electron chi connectivity index (χ1n) is 12.5. The largest absolute Gasteiger partial charge is 0.457 e. The molecule has 3 atom stereocenters. The summed E-state index contributed by atoms with van der Waals surface area (Å²) in [6.07, 6.45) is 1.32. The molecule has 11 heteroatoms. The van der Waals surface area contributed by atoms with Crippen LogP contribution in [0.4, 0.5) is 4.39 Å². The number of amidine groups is 1. The molecule has 2 heterocycles. The van der Waals surface area contributed by atoms with Crippen molar-refractivity contribution >= 4 is 34.9 Å². The summed E-state index contributed by atoms with van der Waals surface area (Å²) in [7, 11) is 0. The van der Waals surface area contributed by atoms with Crippen molar-refractivity contribution in [2.75, 3.05) is 6.54 Å². The summed E-state index contributed by atoms with van der Waals surface area (Å²) in [4.78, 5) is 41.0. The number of para-hydroxylation sites is 1. The second-order valence-electron chi connectivity index (χ2n) is 10.0. The van der Waals surface area contributed by atoms with Crippen LogP contribution in [0, 0.1) is 16.0 Å². The Bertz CT molecular complexity index is 1430. The van der Waals surface area contributed by atoms with Gasteiger partial charge in [0.1, 0.15) is 23.4 Å². The third-order valence-corrected chi connectivity index (χ3v) is 8.11. The van der Waals surface area contributed by atoms with Crippen LogP contribution in [0.1, 0.15) is 40.6 Å². The number of piperidine rings is 1. The predicted octanol–water partition coefficient (Wildman–Crippen LogP) is 3.39. The van der Waals surface area contributed by atoms with Gasteiger partial charge in [-0.2, -0.15) is 4.39 Å². The number of nitrogens with two attached hydrogens (primary N) is 1. The predicted molar refractivity (Wildman–Crippen MR) is 144 cm³/mol. The summed E-state index contributed by atoms with van der Waals surface area (Å²) in [6, 6.07) is 16.6. The van der Waals surface area contributed by atoms with Crippen LogP contribution in [0.2, 0.25) is 0 Å². The van der Waals surface area contributed by atoms with E-state index < -0.39 is 17.1 Å². The Balaban J connectivity index is 1.16. The number of nitrogen functional groups attached to an aromatic ring is 1. The molecule has 3 amide bonds. The van der Waals surface area contributed by atoms with Gasteiger partial charge in [0.15, 0.2) is 5.13 Å². The van der Waals surface area contributed by atoms with Crippen molar-refractivity contribution in [3.8, 4) is 11.5 Å². The molecule has 2 aromatic carbocycles. The number of ether oxygens (including phenoxy) is 1. The number of carbonyl (C=O) groups is 3. The number of carbonyl (C=O) groups excluding carboxylic acids is 3. The first-order valence-corrected chi connectivity index (χ1v) is 13.3. The number of nitrogens with one attached hydrogen (secondary N) is 3. The van der Waals surface area contributed by atoms with E-state index in [0.29, 0.717) is 28.4 Å². The second kappa shape index (κ2) is 10.5. The van der Waals surface area contributed by atoms with E-state index in [2.05, 4.69) is 10.6 Å². The maximum absolute atomic E-state index is 13.9. The van der Waals surface area contributed by atoms with Crippen molar-refractivity contribution in [2.45, 2.75) is 38.4 Å². The smallest absolute Gasteiger partial charge is 0.251 e. The van der Waals surface area contributed by atoms with E-state index in [1.165, 1.54) is 6.07 Å². The Labute approximate surface area is 228 Å². The van der Waals surface area contributed by atoms with Gasteiger partial charge in [-0.05, 0) is 60.7 Å². The summed E-state index contributed by atoms with van der Waals surface area (Å²) in [5, 5.41) is 12.3. The molecule has 39 heavy (non-hydrogen) atoms. The topological polar surface area (TPSA) is 138 Å². The second-order valence-corrected chi connectivity index (χ2v) is 11.1. The summed E-state index contributed by atoms with van der Waals surface area (Å²) in [5.41, 5.74) is 5.62. The maximum atomic E-state index is 13.9. The lowest BCUT2D eigenvalue weighted by Crippen LogP contribution is -2.50. The third kappa shape index (κ3) is 5.63. The minimum absolute atomic E-state index is 0.00442. The van der Waals surface area contributed by atoms with E-state index in [1.807, 2.05) is 37.3 Å². The van der Waals surface area contributed by atoms with E-state index >= 15 is 0 Å². The number of halogens is 1. The van der Waals surface area contributed by atoms with E-state index in [4.69, 9.17) is 15.9 Å². The minimum Gasteiger partial charge on any atom is -0.457 e. The van der Waals surface area contributed by atoms with E-state index in [9.17, 15) is 18.8 Å². The van der Waals surface area contributed by atoms with Crippen molar-refractivity contribution in [3.63, 3.8) is 0 Å². The maximum Gasteiger partial charge on any atom is 0.251 e. The van der Waals surface area contributed by atoms with E-state index in [0.717, 1.165) is 17.8 Å². The van der Waals surface area contributed by atoms with Gasteiger partial charge >= 0.3 is 0 Å². The molecule has 0 bridgehead atoms. The number of nitrogens with zero attached hydrogens (tertiary/aromatic N) is 1. The van der Waals surface area contributed by atoms with Gasteiger partial charge in [-0.1, -0.05) is 25.1 Å². The van der Waals surface area contributed by atoms with Gasteiger partial charge in [-0.25, -0.2) is 0 Å². The Morgan fingerprint density at radius 3 is 2.46 bits per heavy atom. The van der Waals surface area contributed by atoms with Gasteiger partial charge in [-0.3, -0.25) is 19.8 Å². The summed E-state index contributed by atoms with van der Waals surface area (Å²) in [5.74, 6) is -0.194. The van der Waals surface area contributed by atoms with Crippen LogP contribution < -0.4 is 21.1 Å². The van der Waals surface area contributed by atoms with Crippen LogP contribution in [0.3, 0.4) is 0 Å². The molecule has 2 fully saturated rings. The molecule has 1 aromatic heterocycles. The normalized spacial score (nSPS) is 21.1. The molecule has 3 aromatic rings. The van der Waals surface area contributed by atoms with Crippen LogP contribution in [-0.4, -0.2) is 47.1 Å². The number of hydrogen-bond acceptors (Lipinski definition) is 6. The molecule has 5 N–H and O–H groups in total. The molecular formula is C28H28FN5O4S. The van der Waals surface area contributed by atoms with Crippen molar-refractivity contribution in [1.82, 2.24) is 15.5 Å². The molecule has 5 rings (SSSR count). The van der Waals surface area contributed by atoms with E-state index in [-0.39, 0.29) is 47.8 Å². The Hall–Kier alpha value is -4.25. The monoisotopic (exact) mass is 549 g/mol. The lowest BCUT2D eigenvalue weighted by atomic mass is 10.0. The highest BCUT2D eigenvalue weighted by atomic mass is 32.1. The number of benzene rings is 2. The van der Waals surface area contributed by atoms with Crippen molar-refractivity contribution in [3.05, 3.63) is 81.8 Å². The summed E-state index contributed by atoms with van der Waals surface area (Å²) >= 11 is 0.815. The number of hydrogen-bond donors (Lipinski definition) is 4. The van der Waals surface area contributed by atoms with Gasteiger partial charge < -0.3 is 26.0 Å². The Morgan fingerprint density at radius 2 is 1.79 bits per heavy atom. The van der Waals surface area contributed by atoms with Gasteiger partial charge in [-0.15, -0.1) is 11.3 Å². The number of thiophene rings is 1. The van der Waals surface area contributed by atoms with Crippen molar-refractivity contribution in [2.24, 2.45) is 11.1 Å². The van der Waals surface area contributed by atoms with Crippen LogP contribution in [-0.2, 0) is 16.1 Å². The fourth-order valence-corrected chi connectivity index (χ4v) is 5.82. The van der Waals surface area contributed by atoms with Gasteiger partial charge in [0.25, 0.3) is 5.91 Å². The van der Waals surface area contributed by atoms with Crippen LogP contribution in [0.5, 0.6) is 11.5 Å². The summed E-state index contributed by atoms with van der Waals surface area (Å²) in [6.45, 7) is 1.86. The average Bonchev–Trinajstić information content (AvgIpc) is 3.26. The Kier molecular flexibility index (Phi) is 7.09. The molecule has 202 valence electrons. The lowest BCUT2D eigenvalue weighted by Gasteiger charge is -2.27. The SMILES string of the molecule is C[C@@]12C[C@@H]1N(C(=O)CNC(=O)c1ccc(Oc3ccccc3)cc1)[C@H](C(=O)NCc1cc(C(=N)N)c(F)s1)C2. The molecule has 1 saturated carbocycles. The molecule has 1 saturated heterocycles. The molecule has 9 nitrogen and oxygen atoms in total. The van der Waals surface area contributed by atoms with Crippen molar-refractivity contribution < 1.29 is 23.5 Å². The number of fused-ring (bicyclic) bond motifs is 1. The molecule has 0 radical (unpaired) electrons. The van der Waals surface area contributed by atoms with Crippen LogP contribution in [0.15, 0.2) is 60.7 Å². The van der Waals surface area contributed by atoms with Crippen molar-refractivity contribution in [1.29, 1.82) is 5.41 Å². The first kappa shape index (κ1) is 26.4. The molecular weight excluding hydrogens is 521 g/mol. The standard InChI is InChI=1S/C28H28FN5O4S/c1-28-12-21(27(37)32-14-19-11-20(25(30)31)24(29)39-19)34(22(28)13-28)23(35)15-33-26(36)16-7-9-18(10-8-16)38-17-5-3-2-4-6-17/h2-11,21-22H,12-15H2,1H3,(H3,30,31)(H,32,37)(H,33,36)/t21-,22-,28+/m0/s1. The highest BCUT2D eigenvalue weighted by Gasteiger charge is 2.64. The minimum atomic E-state index is -0.676. The number of rotatable bonds is 9. The third-order valence-electron chi connectivity index (χ3n) is 7.19. The van der Waals surface area contributed by atoms with E-state index in [1.54, 1.807) is 29.2 Å². The highest BCUT2D eigenvalue weighted by molar-refractivity contribution is 7.10. The first-order chi connectivity index (χ1) is 18.6. The quantitative estimate of drug-likeness (QED) is 0.240. The Morgan fingerprint density at radius 1 is 1.10 bits per heavy atom. The van der Waals surface area contributed by atoms with Gasteiger partial charge in [0.05, 0.1) is 18.7 Å². The molecule has 1 aliphatic heterocycles.